The van der Waals surface area contributed by atoms with Gasteiger partial charge in [0, 0.05) is 0 Å². The lowest BCUT2D eigenvalue weighted by molar-refractivity contribution is -0.112. The molecule has 0 aromatic carbocycles. The molecule has 0 aromatic rings. The molecular formula is C6H5O4. The predicted octanol–water partition coefficient (Wildman–Crippen LogP) is 0.838. The Kier molecular flexibility index (Phi) is 1.16. The normalized spacial score (nSPS) is 23.6. The van der Waals surface area contributed by atoms with E-state index in [0.717, 1.165) is 0 Å². The highest BCUT2D eigenvalue weighted by Gasteiger charge is 2.33. The van der Waals surface area contributed by atoms with Crippen LogP contribution in [0.4, 0.5) is 0 Å². The molecule has 0 saturated heterocycles. The molecule has 0 saturated carbocycles. The van der Waals surface area contributed by atoms with Crippen molar-refractivity contribution in [2.45, 2.75) is 6.29 Å². The van der Waals surface area contributed by atoms with Gasteiger partial charge in [-0.05, 0) is 0 Å². The van der Waals surface area contributed by atoms with Crippen LogP contribution in [0.3, 0.4) is 0 Å². The summed E-state index contributed by atoms with van der Waals surface area (Å²) in [6.45, 7) is 0. The lowest BCUT2D eigenvalue weighted by atomic mass is 10.6. The Morgan fingerprint density at radius 1 is 0.900 bits per heavy atom. The fourth-order valence-electron chi connectivity index (χ4n) is 0.679. The topological polar surface area (TPSA) is 36.9 Å². The maximum Gasteiger partial charge on any atom is 0.414 e. The van der Waals surface area contributed by atoms with Gasteiger partial charge in [0.25, 0.3) is 0 Å². The molecule has 10 heavy (non-hydrogen) atoms. The monoisotopic (exact) mass is 141 g/mol. The van der Waals surface area contributed by atoms with Crippen molar-refractivity contribution < 1.29 is 18.9 Å². The van der Waals surface area contributed by atoms with Crippen LogP contribution in [-0.2, 0) is 18.9 Å². The molecule has 2 heterocycles. The maximum atomic E-state index is 4.91. The van der Waals surface area contributed by atoms with E-state index in [4.69, 9.17) is 18.9 Å². The molecule has 0 aromatic heterocycles. The zero-order valence-electron chi connectivity index (χ0n) is 5.02. The van der Waals surface area contributed by atoms with Gasteiger partial charge in [-0.2, -0.15) is 0 Å². The molecule has 0 aliphatic carbocycles. The minimum absolute atomic E-state index is 0.310. The first kappa shape index (κ1) is 5.46. The Morgan fingerprint density at radius 2 is 1.50 bits per heavy atom. The van der Waals surface area contributed by atoms with E-state index >= 15 is 0 Å². The highest BCUT2D eigenvalue weighted by molar-refractivity contribution is 4.89. The summed E-state index contributed by atoms with van der Waals surface area (Å²) in [5, 5.41) is 0. The molecular weight excluding hydrogens is 136 g/mol. The van der Waals surface area contributed by atoms with E-state index < -0.39 is 6.29 Å². The third-order valence-corrected chi connectivity index (χ3v) is 1.08. The Bertz CT molecular complexity index is 139. The second-order valence-electron chi connectivity index (χ2n) is 1.70. The molecule has 4 nitrogen and oxygen atoms in total. The Hall–Kier alpha value is -1.32. The van der Waals surface area contributed by atoms with Gasteiger partial charge in [-0.15, -0.1) is 0 Å². The summed E-state index contributed by atoms with van der Waals surface area (Å²) < 4.78 is 19.5. The van der Waals surface area contributed by atoms with Crippen molar-refractivity contribution in [3.8, 4) is 0 Å². The van der Waals surface area contributed by atoms with Crippen molar-refractivity contribution in [2.24, 2.45) is 0 Å². The van der Waals surface area contributed by atoms with Crippen molar-refractivity contribution in [1.29, 1.82) is 0 Å². The summed E-state index contributed by atoms with van der Waals surface area (Å²) in [5.41, 5.74) is 0. The minimum Gasteiger partial charge on any atom is -0.452 e. The van der Waals surface area contributed by atoms with Crippen LogP contribution in [0, 0.1) is 6.29 Å². The van der Waals surface area contributed by atoms with Crippen molar-refractivity contribution in [2.75, 3.05) is 0 Å². The molecule has 0 unspecified atom stereocenters. The lowest BCUT2D eigenvalue weighted by Gasteiger charge is -2.12. The fraction of sp³-hybridized carbons (Fsp3) is 0.167. The number of hydrogen-bond acceptors (Lipinski definition) is 4. The molecule has 0 amide bonds. The molecule has 0 fully saturated rings. The summed E-state index contributed by atoms with van der Waals surface area (Å²) in [6, 6.07) is 0. The molecule has 2 aliphatic rings. The summed E-state index contributed by atoms with van der Waals surface area (Å²) in [5.74, 6) is 0. The van der Waals surface area contributed by atoms with Crippen LogP contribution in [0.1, 0.15) is 0 Å². The summed E-state index contributed by atoms with van der Waals surface area (Å²) in [4.78, 5) is 0. The van der Waals surface area contributed by atoms with Gasteiger partial charge in [-0.25, -0.2) is 0 Å². The average Bonchev–Trinajstić information content (AvgIpc) is 2.59. The molecule has 1 radical (unpaired) electrons. The van der Waals surface area contributed by atoms with Gasteiger partial charge in [-0.3, -0.25) is 0 Å². The molecule has 0 N–H and O–H groups in total. The van der Waals surface area contributed by atoms with Crippen LogP contribution < -0.4 is 0 Å². The van der Waals surface area contributed by atoms with Crippen molar-refractivity contribution >= 4 is 0 Å². The molecule has 53 valence electrons. The van der Waals surface area contributed by atoms with Gasteiger partial charge in [-0.1, -0.05) is 0 Å². The zero-order chi connectivity index (χ0) is 6.81. The first-order valence-electron chi connectivity index (χ1n) is 2.78. The minimum atomic E-state index is -0.546. The summed E-state index contributed by atoms with van der Waals surface area (Å²) in [6.07, 6.45) is 5.46. The third kappa shape index (κ3) is 0.775. The van der Waals surface area contributed by atoms with E-state index in [1.165, 1.54) is 25.0 Å². The van der Waals surface area contributed by atoms with E-state index in [-0.39, 0.29) is 0 Å². The van der Waals surface area contributed by atoms with E-state index in [2.05, 4.69) is 0 Å². The van der Waals surface area contributed by atoms with Gasteiger partial charge in [0.05, 0.1) is 0 Å². The first-order valence-corrected chi connectivity index (χ1v) is 2.78. The largest absolute Gasteiger partial charge is 0.452 e. The molecule has 4 heteroatoms. The highest BCUT2D eigenvalue weighted by Crippen LogP contribution is 2.23. The van der Waals surface area contributed by atoms with Crippen molar-refractivity contribution in [3.05, 3.63) is 31.3 Å². The van der Waals surface area contributed by atoms with E-state index in [0.29, 0.717) is 6.29 Å². The number of rotatable bonds is 1. The van der Waals surface area contributed by atoms with E-state index in [1.54, 1.807) is 0 Å². The Morgan fingerprint density at radius 3 is 2.10 bits per heavy atom. The average molecular weight is 141 g/mol. The number of hydrogen-bond donors (Lipinski definition) is 0. The van der Waals surface area contributed by atoms with Crippen LogP contribution in [0.15, 0.2) is 25.0 Å². The molecule has 2 rings (SSSR count). The van der Waals surface area contributed by atoms with Gasteiger partial charge in [0.2, 0.25) is 0 Å². The van der Waals surface area contributed by atoms with E-state index in [9.17, 15) is 0 Å². The zero-order valence-corrected chi connectivity index (χ0v) is 5.02. The fourth-order valence-corrected chi connectivity index (χ4v) is 0.679. The predicted molar refractivity (Wildman–Crippen MR) is 29.7 cm³/mol. The molecule has 0 bridgehead atoms. The van der Waals surface area contributed by atoms with Crippen molar-refractivity contribution in [1.82, 2.24) is 0 Å². The molecule has 0 atom stereocenters. The van der Waals surface area contributed by atoms with Crippen molar-refractivity contribution in [3.63, 3.8) is 0 Å². The van der Waals surface area contributed by atoms with Crippen LogP contribution >= 0.6 is 0 Å². The summed E-state index contributed by atoms with van der Waals surface area (Å²) in [7, 11) is 0. The first-order chi connectivity index (χ1) is 4.97. The molecule has 2 aliphatic heterocycles. The van der Waals surface area contributed by atoms with Gasteiger partial charge in [0.15, 0.2) is 0 Å². The van der Waals surface area contributed by atoms with Crippen LogP contribution in [-0.4, -0.2) is 6.29 Å². The van der Waals surface area contributed by atoms with Crippen LogP contribution in [0.25, 0.3) is 0 Å². The third-order valence-electron chi connectivity index (χ3n) is 1.08. The number of ether oxygens (including phenoxy) is 4. The Balaban J connectivity index is 1.89. The standard InChI is InChI=1S/C6H5O4/c1-2-8-5(7-1)6-9-3-4-10-6/h1-5H. The van der Waals surface area contributed by atoms with Gasteiger partial charge < -0.3 is 18.9 Å². The van der Waals surface area contributed by atoms with Crippen LogP contribution in [0.5, 0.6) is 0 Å². The van der Waals surface area contributed by atoms with Gasteiger partial charge >= 0.3 is 12.6 Å². The molecule has 0 spiro atoms. The van der Waals surface area contributed by atoms with E-state index in [1.807, 2.05) is 0 Å². The quantitative estimate of drug-likeness (QED) is 0.542. The van der Waals surface area contributed by atoms with Gasteiger partial charge in [0.1, 0.15) is 25.0 Å². The second-order valence-corrected chi connectivity index (χ2v) is 1.70. The SMILES string of the molecule is C1=CO[C](C2OC=CO2)O1. The summed E-state index contributed by atoms with van der Waals surface area (Å²) >= 11 is 0. The second kappa shape index (κ2) is 2.13. The smallest absolute Gasteiger partial charge is 0.414 e. The highest BCUT2D eigenvalue weighted by atomic mass is 16.8. The Labute approximate surface area is 57.6 Å². The van der Waals surface area contributed by atoms with Crippen LogP contribution in [0.2, 0.25) is 0 Å². The maximum absolute atomic E-state index is 4.91. The lowest BCUT2D eigenvalue weighted by Crippen LogP contribution is -2.19.